The molecule has 1 aliphatic carbocycles. The minimum Gasteiger partial charge on any atom is -0.443 e. The number of para-hydroxylation sites is 1. The largest absolute Gasteiger partial charge is 0.443 e. The van der Waals surface area contributed by atoms with Gasteiger partial charge in [-0.2, -0.15) is 0 Å². The Labute approximate surface area is 173 Å². The molecule has 146 valence electrons. The number of imide groups is 1. The van der Waals surface area contributed by atoms with Gasteiger partial charge >= 0.3 is 6.09 Å². The molecule has 0 bridgehead atoms. The van der Waals surface area contributed by atoms with Crippen molar-refractivity contribution in [2.45, 2.75) is 51.4 Å². The number of benzene rings is 1. The molecule has 1 aromatic rings. The Morgan fingerprint density at radius 1 is 1.19 bits per heavy atom. The number of nitrogens with zero attached hydrogens (tertiary/aromatic N) is 1. The molecular formula is C20H24INO5. The van der Waals surface area contributed by atoms with Gasteiger partial charge in [-0.25, -0.2) is 9.69 Å². The zero-order valence-corrected chi connectivity index (χ0v) is 17.9. The summed E-state index contributed by atoms with van der Waals surface area (Å²) >= 11 is 2.11. The number of rotatable bonds is 2. The van der Waals surface area contributed by atoms with Crippen molar-refractivity contribution in [3.05, 3.63) is 39.5 Å². The first-order chi connectivity index (χ1) is 12.7. The number of carbonyl (C=O) groups is 2. The summed E-state index contributed by atoms with van der Waals surface area (Å²) in [5.74, 6) is -0.969. The van der Waals surface area contributed by atoms with Crippen LogP contribution in [0.2, 0.25) is 0 Å². The van der Waals surface area contributed by atoms with E-state index in [1.807, 2.05) is 18.2 Å². The molecule has 1 fully saturated rings. The van der Waals surface area contributed by atoms with Gasteiger partial charge in [-0.1, -0.05) is 18.2 Å². The maximum absolute atomic E-state index is 13.3. The van der Waals surface area contributed by atoms with Gasteiger partial charge in [-0.05, 0) is 61.9 Å². The predicted octanol–water partition coefficient (Wildman–Crippen LogP) is 4.41. The van der Waals surface area contributed by atoms with Crippen molar-refractivity contribution in [3.8, 4) is 0 Å². The normalized spacial score (nSPS) is 18.9. The van der Waals surface area contributed by atoms with Gasteiger partial charge in [0.1, 0.15) is 5.60 Å². The van der Waals surface area contributed by atoms with Crippen molar-refractivity contribution in [1.29, 1.82) is 0 Å². The zero-order chi connectivity index (χ0) is 19.7. The summed E-state index contributed by atoms with van der Waals surface area (Å²) in [5, 5.41) is 0. The highest BCUT2D eigenvalue weighted by atomic mass is 127. The Balaban J connectivity index is 1.88. The average Bonchev–Trinajstić information content (AvgIpc) is 3.04. The van der Waals surface area contributed by atoms with Crippen molar-refractivity contribution in [2.24, 2.45) is 0 Å². The quantitative estimate of drug-likeness (QED) is 0.581. The van der Waals surface area contributed by atoms with E-state index in [0.717, 1.165) is 8.47 Å². The van der Waals surface area contributed by atoms with Crippen LogP contribution < -0.4 is 4.90 Å². The van der Waals surface area contributed by atoms with E-state index in [-0.39, 0.29) is 5.91 Å². The first-order valence-corrected chi connectivity index (χ1v) is 10.1. The lowest BCUT2D eigenvalue weighted by atomic mass is 9.93. The van der Waals surface area contributed by atoms with Crippen LogP contribution in [-0.4, -0.2) is 36.6 Å². The van der Waals surface area contributed by atoms with Crippen LogP contribution in [0.15, 0.2) is 35.9 Å². The van der Waals surface area contributed by atoms with Crippen LogP contribution in [0.25, 0.3) is 0 Å². The fraction of sp³-hybridized carbons (Fsp3) is 0.500. The second-order valence-corrected chi connectivity index (χ2v) is 8.78. The van der Waals surface area contributed by atoms with Crippen molar-refractivity contribution < 1.29 is 23.8 Å². The highest BCUT2D eigenvalue weighted by Crippen LogP contribution is 2.36. The molecule has 27 heavy (non-hydrogen) atoms. The molecule has 7 heteroatoms. The van der Waals surface area contributed by atoms with Gasteiger partial charge in [0.25, 0.3) is 5.91 Å². The summed E-state index contributed by atoms with van der Waals surface area (Å²) in [6, 6.07) is 7.26. The fourth-order valence-electron chi connectivity index (χ4n) is 3.14. The topological polar surface area (TPSA) is 65.1 Å². The highest BCUT2D eigenvalue weighted by Gasteiger charge is 2.40. The summed E-state index contributed by atoms with van der Waals surface area (Å²) in [7, 11) is 0. The predicted molar refractivity (Wildman–Crippen MR) is 109 cm³/mol. The molecule has 0 aromatic heterocycles. The van der Waals surface area contributed by atoms with Crippen LogP contribution in [0.1, 0.15) is 40.0 Å². The molecule has 1 heterocycles. The van der Waals surface area contributed by atoms with Gasteiger partial charge in [0.2, 0.25) is 0 Å². The number of anilines is 1. The van der Waals surface area contributed by atoms with Crippen LogP contribution in [0.4, 0.5) is 10.5 Å². The Hall–Kier alpha value is -1.45. The van der Waals surface area contributed by atoms with Crippen LogP contribution in [0, 0.1) is 3.57 Å². The molecule has 0 radical (unpaired) electrons. The average molecular weight is 485 g/mol. The van der Waals surface area contributed by atoms with Gasteiger partial charge in [0.15, 0.2) is 5.79 Å². The molecule has 2 amide bonds. The van der Waals surface area contributed by atoms with Crippen molar-refractivity contribution in [3.63, 3.8) is 0 Å². The lowest BCUT2D eigenvalue weighted by Crippen LogP contribution is -2.43. The number of halogens is 1. The number of ether oxygens (including phenoxy) is 3. The van der Waals surface area contributed by atoms with Crippen LogP contribution >= 0.6 is 22.6 Å². The van der Waals surface area contributed by atoms with E-state index in [1.54, 1.807) is 32.9 Å². The molecule has 1 saturated heterocycles. The Morgan fingerprint density at radius 2 is 1.85 bits per heavy atom. The molecule has 0 unspecified atom stereocenters. The number of carbonyl (C=O) groups excluding carboxylic acids is 2. The van der Waals surface area contributed by atoms with E-state index in [4.69, 9.17) is 14.2 Å². The fourth-order valence-corrected chi connectivity index (χ4v) is 3.76. The van der Waals surface area contributed by atoms with Crippen LogP contribution in [0.5, 0.6) is 0 Å². The van der Waals surface area contributed by atoms with E-state index in [2.05, 4.69) is 22.6 Å². The molecule has 0 N–H and O–H groups in total. The minimum atomic E-state index is -0.702. The third-order valence-electron chi connectivity index (χ3n) is 4.40. The number of hydrogen-bond donors (Lipinski definition) is 0. The van der Waals surface area contributed by atoms with E-state index < -0.39 is 17.5 Å². The van der Waals surface area contributed by atoms with E-state index in [9.17, 15) is 9.59 Å². The molecule has 3 rings (SSSR count). The summed E-state index contributed by atoms with van der Waals surface area (Å²) in [6.45, 7) is 6.48. The Bertz CT molecular complexity index is 762. The van der Waals surface area contributed by atoms with Crippen molar-refractivity contribution in [2.75, 3.05) is 18.1 Å². The SMILES string of the molecule is CC(C)(C)OC(=O)N(C(=O)C1=CCC2(CC1)OCCO2)c1ccccc1I. The van der Waals surface area contributed by atoms with Crippen molar-refractivity contribution >= 4 is 40.3 Å². The third-order valence-corrected chi connectivity index (χ3v) is 5.31. The standard InChI is InChI=1S/C20H24INO5/c1-19(2,3)27-18(24)22(16-7-5-4-6-15(16)21)17(23)14-8-10-20(11-9-14)25-12-13-26-20/h4-8H,9-13H2,1-3H3. The zero-order valence-electron chi connectivity index (χ0n) is 15.8. The molecule has 6 nitrogen and oxygen atoms in total. The molecule has 1 aliphatic heterocycles. The van der Waals surface area contributed by atoms with Gasteiger partial charge in [0, 0.05) is 22.0 Å². The molecule has 1 aromatic carbocycles. The maximum atomic E-state index is 13.3. The van der Waals surface area contributed by atoms with Crippen LogP contribution in [0.3, 0.4) is 0 Å². The summed E-state index contributed by atoms with van der Waals surface area (Å²) < 4.78 is 17.7. The highest BCUT2D eigenvalue weighted by molar-refractivity contribution is 14.1. The first kappa shape index (κ1) is 20.3. The lowest BCUT2D eigenvalue weighted by Gasteiger charge is -2.32. The summed E-state index contributed by atoms with van der Waals surface area (Å²) in [6.07, 6.45) is 2.73. The Kier molecular flexibility index (Phi) is 5.93. The molecule has 1 spiro atoms. The Morgan fingerprint density at radius 3 is 2.41 bits per heavy atom. The number of hydrogen-bond acceptors (Lipinski definition) is 5. The van der Waals surface area contributed by atoms with E-state index in [1.165, 1.54) is 0 Å². The monoisotopic (exact) mass is 485 g/mol. The van der Waals surface area contributed by atoms with Crippen molar-refractivity contribution in [1.82, 2.24) is 0 Å². The molecular weight excluding hydrogens is 461 g/mol. The second-order valence-electron chi connectivity index (χ2n) is 7.61. The van der Waals surface area contributed by atoms with Gasteiger partial charge in [-0.15, -0.1) is 0 Å². The van der Waals surface area contributed by atoms with Gasteiger partial charge in [0.05, 0.1) is 18.9 Å². The molecule has 2 aliphatic rings. The molecule has 0 atom stereocenters. The maximum Gasteiger partial charge on any atom is 0.422 e. The molecule has 0 saturated carbocycles. The third kappa shape index (κ3) is 4.70. The summed E-state index contributed by atoms with van der Waals surface area (Å²) in [4.78, 5) is 27.2. The minimum absolute atomic E-state index is 0.360. The first-order valence-electron chi connectivity index (χ1n) is 9.00. The van der Waals surface area contributed by atoms with Gasteiger partial charge in [-0.3, -0.25) is 4.79 Å². The lowest BCUT2D eigenvalue weighted by molar-refractivity contribution is -0.161. The van der Waals surface area contributed by atoms with E-state index in [0.29, 0.717) is 43.7 Å². The van der Waals surface area contributed by atoms with Gasteiger partial charge < -0.3 is 14.2 Å². The number of amides is 2. The second kappa shape index (κ2) is 7.89. The smallest absolute Gasteiger partial charge is 0.422 e. The summed E-state index contributed by atoms with van der Waals surface area (Å²) in [5.41, 5.74) is 0.393. The van der Waals surface area contributed by atoms with E-state index >= 15 is 0 Å². The van der Waals surface area contributed by atoms with Crippen LogP contribution in [-0.2, 0) is 19.0 Å².